The van der Waals surface area contributed by atoms with E-state index in [1.807, 2.05) is 24.3 Å². The van der Waals surface area contributed by atoms with E-state index in [-0.39, 0.29) is 0 Å². The van der Waals surface area contributed by atoms with Crippen molar-refractivity contribution in [3.63, 3.8) is 0 Å². The van der Waals surface area contributed by atoms with E-state index in [1.54, 1.807) is 24.2 Å². The van der Waals surface area contributed by atoms with Gasteiger partial charge in [0.2, 0.25) is 0 Å². The minimum Gasteiger partial charge on any atom is -0.497 e. The molecule has 0 fully saturated rings. The number of nitrogens with one attached hydrogen (secondary N) is 1. The van der Waals surface area contributed by atoms with Crippen molar-refractivity contribution in [3.05, 3.63) is 66.6 Å². The normalized spacial score (nSPS) is 11.2. The van der Waals surface area contributed by atoms with Gasteiger partial charge in [0, 0.05) is 24.8 Å². The maximum absolute atomic E-state index is 5.31. The number of hydrogen-bond acceptors (Lipinski definition) is 7. The summed E-state index contributed by atoms with van der Waals surface area (Å²) in [6.45, 7) is 6.28. The third-order valence-electron chi connectivity index (χ3n) is 5.07. The Hall–Kier alpha value is -3.94. The summed E-state index contributed by atoms with van der Waals surface area (Å²) < 4.78 is 7.06. The van der Waals surface area contributed by atoms with Crippen LogP contribution in [-0.4, -0.2) is 46.2 Å². The molecule has 158 valence electrons. The molecule has 0 aliphatic carbocycles. The monoisotopic (exact) mass is 415 g/mol. The number of rotatable bonds is 8. The van der Waals surface area contributed by atoms with Crippen LogP contribution in [0.4, 0.5) is 11.5 Å². The molecule has 4 rings (SSSR count). The Labute approximate surface area is 181 Å². The lowest BCUT2D eigenvalue weighted by Crippen LogP contribution is -2.21. The molecule has 2 heterocycles. The molecule has 0 aliphatic heterocycles. The predicted molar refractivity (Wildman–Crippen MR) is 124 cm³/mol. The van der Waals surface area contributed by atoms with E-state index < -0.39 is 0 Å². The lowest BCUT2D eigenvalue weighted by molar-refractivity contribution is 0.414. The summed E-state index contributed by atoms with van der Waals surface area (Å²) in [5.41, 5.74) is 6.76. The van der Waals surface area contributed by atoms with Crippen LogP contribution in [0.3, 0.4) is 0 Å². The zero-order chi connectivity index (χ0) is 21.6. The SMILES string of the molecule is CCN(CC)c1ccc(C=NNc2ncnc3c2cnn3-c2cccc(OC)c2)cc1. The second-order valence-corrected chi connectivity index (χ2v) is 6.85. The smallest absolute Gasteiger partial charge is 0.168 e. The zero-order valence-electron chi connectivity index (χ0n) is 17.9. The first-order valence-electron chi connectivity index (χ1n) is 10.2. The number of nitrogens with zero attached hydrogens (tertiary/aromatic N) is 6. The van der Waals surface area contributed by atoms with Gasteiger partial charge in [0.15, 0.2) is 11.5 Å². The van der Waals surface area contributed by atoms with Gasteiger partial charge in [0.25, 0.3) is 0 Å². The lowest BCUT2D eigenvalue weighted by Gasteiger charge is -2.20. The van der Waals surface area contributed by atoms with Gasteiger partial charge in [-0.1, -0.05) is 18.2 Å². The molecule has 8 heteroatoms. The van der Waals surface area contributed by atoms with Gasteiger partial charge in [0.05, 0.1) is 30.6 Å². The first-order chi connectivity index (χ1) is 15.2. The molecule has 1 N–H and O–H groups in total. The molecule has 0 radical (unpaired) electrons. The topological polar surface area (TPSA) is 80.5 Å². The Kier molecular flexibility index (Phi) is 6.07. The Bertz CT molecular complexity index is 1180. The van der Waals surface area contributed by atoms with Crippen molar-refractivity contribution >= 4 is 28.8 Å². The summed E-state index contributed by atoms with van der Waals surface area (Å²) in [6, 6.07) is 16.0. The molecule has 2 aromatic heterocycles. The number of fused-ring (bicyclic) bond motifs is 1. The minimum absolute atomic E-state index is 0.593. The fraction of sp³-hybridized carbons (Fsp3) is 0.217. The van der Waals surface area contributed by atoms with E-state index >= 15 is 0 Å². The molecule has 0 saturated heterocycles. The average Bonchev–Trinajstić information content (AvgIpc) is 3.26. The van der Waals surface area contributed by atoms with Gasteiger partial charge in [0.1, 0.15) is 12.1 Å². The fourth-order valence-corrected chi connectivity index (χ4v) is 3.39. The van der Waals surface area contributed by atoms with Crippen molar-refractivity contribution in [3.8, 4) is 11.4 Å². The number of methoxy groups -OCH3 is 1. The Balaban J connectivity index is 1.53. The summed E-state index contributed by atoms with van der Waals surface area (Å²) in [7, 11) is 1.64. The van der Waals surface area contributed by atoms with Gasteiger partial charge in [-0.15, -0.1) is 0 Å². The molecule has 0 saturated carbocycles. The van der Waals surface area contributed by atoms with E-state index in [4.69, 9.17) is 4.74 Å². The van der Waals surface area contributed by atoms with Crippen molar-refractivity contribution in [2.45, 2.75) is 13.8 Å². The molecule has 0 atom stereocenters. The first-order valence-corrected chi connectivity index (χ1v) is 10.2. The number of hydrazone groups is 1. The molecule has 0 bridgehead atoms. The van der Waals surface area contributed by atoms with Crippen molar-refractivity contribution in [2.75, 3.05) is 30.5 Å². The molecule has 0 amide bonds. The molecular weight excluding hydrogens is 390 g/mol. The van der Waals surface area contributed by atoms with E-state index in [1.165, 1.54) is 12.0 Å². The van der Waals surface area contributed by atoms with E-state index in [2.05, 4.69) is 68.6 Å². The fourth-order valence-electron chi connectivity index (χ4n) is 3.39. The highest BCUT2D eigenvalue weighted by atomic mass is 16.5. The minimum atomic E-state index is 0.593. The Morgan fingerprint density at radius 1 is 1.10 bits per heavy atom. The molecular formula is C23H25N7O. The van der Waals surface area contributed by atoms with Crippen molar-refractivity contribution in [2.24, 2.45) is 5.10 Å². The third kappa shape index (κ3) is 4.32. The van der Waals surface area contributed by atoms with Crippen LogP contribution in [0.15, 0.2) is 66.2 Å². The van der Waals surface area contributed by atoms with Gasteiger partial charge in [-0.25, -0.2) is 14.6 Å². The highest BCUT2D eigenvalue weighted by Gasteiger charge is 2.11. The maximum atomic E-state index is 5.31. The van der Waals surface area contributed by atoms with E-state index in [9.17, 15) is 0 Å². The number of aromatic nitrogens is 4. The standard InChI is InChI=1S/C23H25N7O/c1-4-29(5-2)18-11-9-17(10-12-18)14-26-28-22-21-15-27-30(23(21)25-16-24-22)19-7-6-8-20(13-19)31-3/h6-16H,4-5H2,1-3H3,(H,24,25,28). The van der Waals surface area contributed by atoms with Crippen LogP contribution in [0.25, 0.3) is 16.7 Å². The highest BCUT2D eigenvalue weighted by Crippen LogP contribution is 2.23. The number of benzene rings is 2. The van der Waals surface area contributed by atoms with E-state index in [0.29, 0.717) is 11.5 Å². The van der Waals surface area contributed by atoms with Crippen molar-refractivity contribution in [1.82, 2.24) is 19.7 Å². The summed E-state index contributed by atoms with van der Waals surface area (Å²) in [5, 5.41) is 9.60. The van der Waals surface area contributed by atoms with Crippen LogP contribution in [0.2, 0.25) is 0 Å². The zero-order valence-corrected chi connectivity index (χ0v) is 17.9. The largest absolute Gasteiger partial charge is 0.497 e. The summed E-state index contributed by atoms with van der Waals surface area (Å²) in [6.07, 6.45) is 5.00. The maximum Gasteiger partial charge on any atom is 0.168 e. The average molecular weight is 416 g/mol. The van der Waals surface area contributed by atoms with Crippen LogP contribution in [-0.2, 0) is 0 Å². The summed E-state index contributed by atoms with van der Waals surface area (Å²) >= 11 is 0. The van der Waals surface area contributed by atoms with Crippen molar-refractivity contribution in [1.29, 1.82) is 0 Å². The molecule has 0 aliphatic rings. The number of anilines is 2. The molecule has 0 spiro atoms. The van der Waals surface area contributed by atoms with E-state index in [0.717, 1.165) is 35.5 Å². The Morgan fingerprint density at radius 2 is 1.90 bits per heavy atom. The van der Waals surface area contributed by atoms with Crippen LogP contribution in [0.1, 0.15) is 19.4 Å². The van der Waals surface area contributed by atoms with Crippen molar-refractivity contribution < 1.29 is 4.74 Å². The number of ether oxygens (including phenoxy) is 1. The molecule has 2 aromatic carbocycles. The third-order valence-corrected chi connectivity index (χ3v) is 5.07. The van der Waals surface area contributed by atoms with Crippen LogP contribution in [0.5, 0.6) is 5.75 Å². The quantitative estimate of drug-likeness (QED) is 0.344. The Morgan fingerprint density at radius 3 is 2.65 bits per heavy atom. The van der Waals surface area contributed by atoms with Crippen LogP contribution < -0.4 is 15.1 Å². The van der Waals surface area contributed by atoms with Gasteiger partial charge < -0.3 is 9.64 Å². The molecule has 8 nitrogen and oxygen atoms in total. The second-order valence-electron chi connectivity index (χ2n) is 6.85. The van der Waals surface area contributed by atoms with Gasteiger partial charge in [-0.2, -0.15) is 10.2 Å². The molecule has 0 unspecified atom stereocenters. The van der Waals surface area contributed by atoms with Gasteiger partial charge in [-0.3, -0.25) is 5.43 Å². The van der Waals surface area contributed by atoms with Gasteiger partial charge >= 0.3 is 0 Å². The highest BCUT2D eigenvalue weighted by molar-refractivity contribution is 5.88. The molecule has 4 aromatic rings. The number of hydrogen-bond donors (Lipinski definition) is 1. The predicted octanol–water partition coefficient (Wildman–Crippen LogP) is 4.12. The summed E-state index contributed by atoms with van der Waals surface area (Å²) in [4.78, 5) is 11.0. The second kappa shape index (κ2) is 9.25. The summed E-state index contributed by atoms with van der Waals surface area (Å²) in [5.74, 6) is 1.35. The molecule has 31 heavy (non-hydrogen) atoms. The van der Waals surface area contributed by atoms with Crippen LogP contribution >= 0.6 is 0 Å². The van der Waals surface area contributed by atoms with Gasteiger partial charge in [-0.05, 0) is 43.7 Å². The first kappa shape index (κ1) is 20.3. The lowest BCUT2D eigenvalue weighted by atomic mass is 10.2. The van der Waals surface area contributed by atoms with Crippen LogP contribution in [0, 0.1) is 0 Å².